The lowest BCUT2D eigenvalue weighted by Crippen LogP contribution is -2.33. The Morgan fingerprint density at radius 1 is 0.857 bits per heavy atom. The van der Waals surface area contributed by atoms with Gasteiger partial charge in [0.25, 0.3) is 0 Å². The third-order valence-corrected chi connectivity index (χ3v) is 7.58. The topological polar surface area (TPSA) is 74.6 Å². The number of halogens is 2. The first kappa shape index (κ1) is 24.9. The molecule has 3 aromatic carbocycles. The van der Waals surface area contributed by atoms with Crippen LogP contribution in [0.15, 0.2) is 70.4 Å². The van der Waals surface area contributed by atoms with Crippen molar-refractivity contribution in [3.05, 3.63) is 103 Å². The Kier molecular flexibility index (Phi) is 6.94. The van der Waals surface area contributed by atoms with Crippen molar-refractivity contribution < 1.29 is 17.4 Å². The van der Waals surface area contributed by atoms with Gasteiger partial charge in [-0.3, -0.25) is 9.08 Å². The van der Waals surface area contributed by atoms with Gasteiger partial charge in [-0.15, -0.1) is 4.73 Å². The largest absolute Gasteiger partial charge is 0.497 e. The van der Waals surface area contributed by atoms with Crippen LogP contribution in [0.4, 0.5) is 0 Å². The summed E-state index contributed by atoms with van der Waals surface area (Å²) in [6.45, 7) is 3.40. The summed E-state index contributed by atoms with van der Waals surface area (Å²) in [6.07, 6.45) is 3.22. The van der Waals surface area contributed by atoms with Crippen LogP contribution in [-0.2, 0) is 10.1 Å². The highest BCUT2D eigenvalue weighted by Gasteiger charge is 2.23. The molecule has 0 amide bonds. The summed E-state index contributed by atoms with van der Waals surface area (Å²) in [5.41, 5.74) is 1.20. The number of rotatable bonds is 6. The van der Waals surface area contributed by atoms with Gasteiger partial charge < -0.3 is 4.74 Å². The average Bonchev–Trinajstić information content (AvgIpc) is 2.85. The van der Waals surface area contributed by atoms with Crippen LogP contribution >= 0.6 is 23.2 Å². The molecule has 4 aromatic rings. The van der Waals surface area contributed by atoms with E-state index in [0.29, 0.717) is 10.3 Å². The fraction of sp³-hybridized carbons (Fsp3) is 0.115. The van der Waals surface area contributed by atoms with Gasteiger partial charge in [0.05, 0.1) is 12.1 Å². The molecule has 0 unspecified atom stereocenters. The van der Waals surface area contributed by atoms with Gasteiger partial charge in [0.1, 0.15) is 21.4 Å². The van der Waals surface area contributed by atoms with E-state index < -0.39 is 15.7 Å². The molecule has 0 aliphatic rings. The van der Waals surface area contributed by atoms with Crippen molar-refractivity contribution >= 4 is 56.2 Å². The molecule has 4 rings (SSSR count). The molecule has 0 bridgehead atoms. The number of aromatic nitrogens is 1. The van der Waals surface area contributed by atoms with Crippen molar-refractivity contribution in [2.45, 2.75) is 18.7 Å². The standard InChI is InChI=1S/C26H21Cl2NO5S/c1-16-4-11-22(12-5-16)35(31,32)34-29-23(24(27)17(2)25(28)26(29)30)13-7-18-6-8-20-15-21(33-3)10-9-19(20)14-18/h4-15H,1-3H3. The molecular formula is C26H21Cl2NO5S. The first-order valence-corrected chi connectivity index (χ1v) is 12.7. The Labute approximate surface area is 213 Å². The molecule has 0 aliphatic heterocycles. The van der Waals surface area contributed by atoms with Crippen LogP contribution < -0.4 is 14.6 Å². The number of benzene rings is 3. The predicted molar refractivity (Wildman–Crippen MR) is 140 cm³/mol. The minimum atomic E-state index is -4.34. The highest BCUT2D eigenvalue weighted by molar-refractivity contribution is 7.87. The monoisotopic (exact) mass is 529 g/mol. The van der Waals surface area contributed by atoms with Crippen LogP contribution in [-0.4, -0.2) is 20.3 Å². The zero-order chi connectivity index (χ0) is 25.3. The number of ether oxygens (including phenoxy) is 1. The van der Waals surface area contributed by atoms with Crippen LogP contribution in [0.1, 0.15) is 22.4 Å². The van der Waals surface area contributed by atoms with E-state index >= 15 is 0 Å². The SMILES string of the molecule is COc1ccc2cc(C=Cc3c(Cl)c(C)c(Cl)c(=O)n3OS(=O)(=O)c3ccc(C)cc3)ccc2c1. The van der Waals surface area contributed by atoms with Gasteiger partial charge in [0, 0.05) is 0 Å². The number of nitrogens with zero attached hydrogens (tertiary/aromatic N) is 1. The number of pyridine rings is 1. The van der Waals surface area contributed by atoms with Crippen LogP contribution in [0, 0.1) is 13.8 Å². The Balaban J connectivity index is 1.78. The summed E-state index contributed by atoms with van der Waals surface area (Å²) in [5.74, 6) is 0.750. The second-order valence-corrected chi connectivity index (χ2v) is 10.2. The Hall–Kier alpha value is -3.26. The van der Waals surface area contributed by atoms with E-state index in [1.165, 1.54) is 18.2 Å². The lowest BCUT2D eigenvalue weighted by Gasteiger charge is -2.15. The number of fused-ring (bicyclic) bond motifs is 1. The third-order valence-electron chi connectivity index (χ3n) is 5.46. The minimum Gasteiger partial charge on any atom is -0.497 e. The van der Waals surface area contributed by atoms with E-state index in [-0.39, 0.29) is 20.6 Å². The van der Waals surface area contributed by atoms with Crippen molar-refractivity contribution in [2.75, 3.05) is 7.11 Å². The van der Waals surface area contributed by atoms with E-state index in [1.54, 1.807) is 32.2 Å². The fourth-order valence-electron chi connectivity index (χ4n) is 3.45. The number of aryl methyl sites for hydroxylation is 1. The Morgan fingerprint density at radius 3 is 2.20 bits per heavy atom. The highest BCUT2D eigenvalue weighted by atomic mass is 35.5. The molecule has 0 aliphatic carbocycles. The van der Waals surface area contributed by atoms with Crippen LogP contribution in [0.25, 0.3) is 22.9 Å². The lowest BCUT2D eigenvalue weighted by molar-refractivity contribution is 0.265. The summed E-state index contributed by atoms with van der Waals surface area (Å²) < 4.78 is 36.9. The van der Waals surface area contributed by atoms with Gasteiger partial charge in [0.2, 0.25) is 0 Å². The molecule has 0 fully saturated rings. The summed E-state index contributed by atoms with van der Waals surface area (Å²) in [5, 5.41) is 1.83. The first-order chi connectivity index (χ1) is 16.6. The van der Waals surface area contributed by atoms with Crippen molar-refractivity contribution in [2.24, 2.45) is 0 Å². The summed E-state index contributed by atoms with van der Waals surface area (Å²) in [7, 11) is -2.73. The molecule has 0 N–H and O–H groups in total. The highest BCUT2D eigenvalue weighted by Crippen LogP contribution is 2.27. The molecule has 6 nitrogen and oxygen atoms in total. The van der Waals surface area contributed by atoms with Gasteiger partial charge in [-0.25, -0.2) is 0 Å². The number of methoxy groups -OCH3 is 1. The van der Waals surface area contributed by atoms with Gasteiger partial charge >= 0.3 is 15.7 Å². The molecule has 180 valence electrons. The van der Waals surface area contributed by atoms with E-state index in [9.17, 15) is 13.2 Å². The van der Waals surface area contributed by atoms with E-state index in [4.69, 9.17) is 32.2 Å². The van der Waals surface area contributed by atoms with Crippen molar-refractivity contribution in [1.82, 2.24) is 4.73 Å². The second-order valence-electron chi connectivity index (χ2n) is 7.89. The molecule has 0 saturated heterocycles. The molecule has 1 aromatic heterocycles. The number of hydrogen-bond acceptors (Lipinski definition) is 5. The second kappa shape index (κ2) is 9.77. The summed E-state index contributed by atoms with van der Waals surface area (Å²) >= 11 is 12.6. The quantitative estimate of drug-likeness (QED) is 0.309. The van der Waals surface area contributed by atoms with Crippen molar-refractivity contribution in [3.63, 3.8) is 0 Å². The Morgan fingerprint density at radius 2 is 1.51 bits per heavy atom. The van der Waals surface area contributed by atoms with Gasteiger partial charge in [-0.2, -0.15) is 8.42 Å². The van der Waals surface area contributed by atoms with Crippen LogP contribution in [0.3, 0.4) is 0 Å². The van der Waals surface area contributed by atoms with Crippen LogP contribution in [0.5, 0.6) is 5.75 Å². The molecular weight excluding hydrogens is 509 g/mol. The molecule has 0 atom stereocenters. The summed E-state index contributed by atoms with van der Waals surface area (Å²) in [4.78, 5) is 12.8. The van der Waals surface area contributed by atoms with E-state index in [2.05, 4.69) is 0 Å². The van der Waals surface area contributed by atoms with E-state index in [1.807, 2.05) is 43.3 Å². The normalized spacial score (nSPS) is 11.8. The molecule has 1 heterocycles. The zero-order valence-electron chi connectivity index (χ0n) is 19.1. The Bertz CT molecular complexity index is 1620. The third kappa shape index (κ3) is 5.07. The minimum absolute atomic E-state index is 0.0454. The lowest BCUT2D eigenvalue weighted by atomic mass is 10.1. The zero-order valence-corrected chi connectivity index (χ0v) is 21.4. The van der Waals surface area contributed by atoms with Gasteiger partial charge in [-0.1, -0.05) is 65.2 Å². The molecule has 0 saturated carbocycles. The first-order valence-electron chi connectivity index (χ1n) is 10.5. The maximum absolute atomic E-state index is 12.9. The van der Waals surface area contributed by atoms with E-state index in [0.717, 1.165) is 27.6 Å². The maximum atomic E-state index is 12.9. The predicted octanol–water partition coefficient (Wildman–Crippen LogP) is 5.92. The van der Waals surface area contributed by atoms with Crippen molar-refractivity contribution in [3.8, 4) is 5.75 Å². The molecule has 0 radical (unpaired) electrons. The average molecular weight is 530 g/mol. The molecule has 9 heteroatoms. The smallest absolute Gasteiger partial charge is 0.357 e. The maximum Gasteiger partial charge on any atom is 0.357 e. The van der Waals surface area contributed by atoms with Crippen molar-refractivity contribution in [1.29, 1.82) is 0 Å². The van der Waals surface area contributed by atoms with Gasteiger partial charge in [-0.05, 0) is 72.2 Å². The van der Waals surface area contributed by atoms with Crippen LogP contribution in [0.2, 0.25) is 10.0 Å². The summed E-state index contributed by atoms with van der Waals surface area (Å²) in [6, 6.07) is 17.5. The van der Waals surface area contributed by atoms with Gasteiger partial charge in [0.15, 0.2) is 0 Å². The fourth-order valence-corrected chi connectivity index (χ4v) is 4.80. The molecule has 0 spiro atoms. The molecule has 35 heavy (non-hydrogen) atoms. The number of hydrogen-bond donors (Lipinski definition) is 0.